The van der Waals surface area contributed by atoms with E-state index in [2.05, 4.69) is 10.2 Å². The van der Waals surface area contributed by atoms with Crippen LogP contribution in [0, 0.1) is 0 Å². The van der Waals surface area contributed by atoms with Crippen molar-refractivity contribution in [2.45, 2.75) is 6.18 Å². The highest BCUT2D eigenvalue weighted by Gasteiger charge is 2.36. The van der Waals surface area contributed by atoms with Crippen LogP contribution in [0.2, 0.25) is 5.02 Å². The molecule has 1 aromatic heterocycles. The number of anilines is 1. The summed E-state index contributed by atoms with van der Waals surface area (Å²) in [5.74, 6) is 0. The van der Waals surface area contributed by atoms with E-state index in [9.17, 15) is 13.2 Å². The van der Waals surface area contributed by atoms with Gasteiger partial charge in [-0.15, -0.1) is 5.10 Å². The molecular formula is C5H3ClF3N3. The molecule has 1 rings (SSSR count). The number of halogens is 4. The number of nitrogen functional groups attached to an aromatic ring is 1. The fourth-order valence-electron chi connectivity index (χ4n) is 0.583. The second-order valence-electron chi connectivity index (χ2n) is 1.95. The Balaban J connectivity index is 3.26. The summed E-state index contributed by atoms with van der Waals surface area (Å²) in [4.78, 5) is 0. The molecule has 0 aliphatic heterocycles. The lowest BCUT2D eigenvalue weighted by Crippen LogP contribution is -2.12. The third-order valence-corrected chi connectivity index (χ3v) is 1.41. The van der Waals surface area contributed by atoms with Crippen LogP contribution >= 0.6 is 11.6 Å². The SMILES string of the molecule is Nc1c(Cl)cnnc1C(F)(F)F. The number of nitrogens with two attached hydrogens (primary N) is 1. The minimum absolute atomic E-state index is 0.252. The molecule has 2 N–H and O–H groups in total. The highest BCUT2D eigenvalue weighted by molar-refractivity contribution is 6.33. The van der Waals surface area contributed by atoms with E-state index in [4.69, 9.17) is 17.3 Å². The van der Waals surface area contributed by atoms with Crippen LogP contribution in [-0.2, 0) is 6.18 Å². The number of alkyl halides is 3. The van der Waals surface area contributed by atoms with Gasteiger partial charge in [0, 0.05) is 0 Å². The summed E-state index contributed by atoms with van der Waals surface area (Å²) in [5.41, 5.74) is 3.16. The van der Waals surface area contributed by atoms with Crippen molar-refractivity contribution in [2.75, 3.05) is 5.73 Å². The maximum Gasteiger partial charge on any atom is 0.437 e. The standard InChI is InChI=1S/C5H3ClF3N3/c6-2-1-11-12-4(3(2)10)5(7,8)9/h1H,(H2,10,11). The fraction of sp³-hybridized carbons (Fsp3) is 0.200. The predicted octanol–water partition coefficient (Wildman–Crippen LogP) is 1.73. The topological polar surface area (TPSA) is 51.8 Å². The van der Waals surface area contributed by atoms with Crippen molar-refractivity contribution in [3.63, 3.8) is 0 Å². The maximum atomic E-state index is 12.0. The van der Waals surface area contributed by atoms with Gasteiger partial charge in [0.2, 0.25) is 0 Å². The Hall–Kier alpha value is -1.04. The Bertz CT molecular complexity index is 298. The van der Waals surface area contributed by atoms with Crippen LogP contribution in [0.4, 0.5) is 18.9 Å². The average molecular weight is 198 g/mol. The van der Waals surface area contributed by atoms with E-state index in [1.165, 1.54) is 0 Å². The lowest BCUT2D eigenvalue weighted by atomic mass is 10.3. The first-order chi connectivity index (χ1) is 5.43. The summed E-state index contributed by atoms with van der Waals surface area (Å²) in [6.07, 6.45) is -3.66. The molecule has 7 heteroatoms. The number of hydrogen-bond donors (Lipinski definition) is 1. The van der Waals surface area contributed by atoms with Crippen molar-refractivity contribution >= 4 is 17.3 Å². The van der Waals surface area contributed by atoms with Gasteiger partial charge in [-0.25, -0.2) is 0 Å². The van der Waals surface area contributed by atoms with Gasteiger partial charge in [0.1, 0.15) is 0 Å². The van der Waals surface area contributed by atoms with Gasteiger partial charge in [0.15, 0.2) is 5.69 Å². The van der Waals surface area contributed by atoms with E-state index < -0.39 is 17.6 Å². The van der Waals surface area contributed by atoms with Crippen LogP contribution in [0.15, 0.2) is 6.20 Å². The number of hydrogen-bond acceptors (Lipinski definition) is 3. The van der Waals surface area contributed by atoms with Gasteiger partial charge in [-0.1, -0.05) is 11.6 Å². The van der Waals surface area contributed by atoms with Crippen LogP contribution in [0.1, 0.15) is 5.69 Å². The summed E-state index contributed by atoms with van der Waals surface area (Å²) >= 11 is 5.29. The molecule has 0 fully saturated rings. The van der Waals surface area contributed by atoms with E-state index in [1.54, 1.807) is 0 Å². The van der Waals surface area contributed by atoms with Gasteiger partial charge in [-0.2, -0.15) is 18.3 Å². The molecule has 1 aromatic rings. The molecule has 12 heavy (non-hydrogen) atoms. The number of aromatic nitrogens is 2. The lowest BCUT2D eigenvalue weighted by Gasteiger charge is -2.07. The highest BCUT2D eigenvalue weighted by Crippen LogP contribution is 2.33. The zero-order valence-electron chi connectivity index (χ0n) is 5.56. The van der Waals surface area contributed by atoms with Crippen LogP contribution in [0.25, 0.3) is 0 Å². The maximum absolute atomic E-state index is 12.0. The first-order valence-electron chi connectivity index (χ1n) is 2.77. The monoisotopic (exact) mass is 197 g/mol. The Labute approximate surface area is 70.3 Å². The molecule has 0 amide bonds. The van der Waals surface area contributed by atoms with Gasteiger partial charge in [0.25, 0.3) is 0 Å². The Kier molecular flexibility index (Phi) is 2.10. The van der Waals surface area contributed by atoms with Crippen molar-refractivity contribution < 1.29 is 13.2 Å². The second kappa shape index (κ2) is 2.78. The van der Waals surface area contributed by atoms with E-state index in [-0.39, 0.29) is 5.02 Å². The number of rotatable bonds is 0. The minimum Gasteiger partial charge on any atom is -0.396 e. The third-order valence-electron chi connectivity index (χ3n) is 1.11. The Morgan fingerprint density at radius 1 is 1.42 bits per heavy atom. The van der Waals surface area contributed by atoms with Crippen molar-refractivity contribution in [3.8, 4) is 0 Å². The first kappa shape index (κ1) is 9.05. The summed E-state index contributed by atoms with van der Waals surface area (Å²) < 4.78 is 36.0. The zero-order chi connectivity index (χ0) is 9.35. The van der Waals surface area contributed by atoms with Gasteiger partial charge in [-0.3, -0.25) is 0 Å². The summed E-state index contributed by atoms with van der Waals surface area (Å²) in [6.45, 7) is 0. The summed E-state index contributed by atoms with van der Waals surface area (Å²) in [7, 11) is 0. The quantitative estimate of drug-likeness (QED) is 0.689. The van der Waals surface area contributed by atoms with E-state index in [1.807, 2.05) is 0 Å². The predicted molar refractivity (Wildman–Crippen MR) is 36.5 cm³/mol. The van der Waals surface area contributed by atoms with Gasteiger partial charge < -0.3 is 5.73 Å². The molecule has 3 nitrogen and oxygen atoms in total. The third kappa shape index (κ3) is 1.58. The first-order valence-corrected chi connectivity index (χ1v) is 3.14. The molecule has 0 saturated carbocycles. The Morgan fingerprint density at radius 3 is 2.42 bits per heavy atom. The largest absolute Gasteiger partial charge is 0.437 e. The number of nitrogens with zero attached hydrogens (tertiary/aromatic N) is 2. The molecule has 0 aromatic carbocycles. The van der Waals surface area contributed by atoms with Crippen LogP contribution in [0.3, 0.4) is 0 Å². The molecule has 0 bridgehead atoms. The average Bonchev–Trinajstić information content (AvgIpc) is 1.92. The molecule has 0 aliphatic carbocycles. The van der Waals surface area contributed by atoms with E-state index >= 15 is 0 Å². The highest BCUT2D eigenvalue weighted by atomic mass is 35.5. The van der Waals surface area contributed by atoms with Crippen molar-refractivity contribution in [3.05, 3.63) is 16.9 Å². The second-order valence-corrected chi connectivity index (χ2v) is 2.36. The van der Waals surface area contributed by atoms with Crippen molar-refractivity contribution in [2.24, 2.45) is 0 Å². The lowest BCUT2D eigenvalue weighted by molar-refractivity contribution is -0.141. The van der Waals surface area contributed by atoms with Crippen molar-refractivity contribution in [1.82, 2.24) is 10.2 Å². The van der Waals surface area contributed by atoms with Crippen LogP contribution in [-0.4, -0.2) is 10.2 Å². The van der Waals surface area contributed by atoms with Gasteiger partial charge in [-0.05, 0) is 0 Å². The molecule has 0 aliphatic rings. The molecule has 0 atom stereocenters. The smallest absolute Gasteiger partial charge is 0.396 e. The van der Waals surface area contributed by atoms with Gasteiger partial charge >= 0.3 is 6.18 Å². The van der Waals surface area contributed by atoms with Crippen LogP contribution < -0.4 is 5.73 Å². The van der Waals surface area contributed by atoms with E-state index in [0.29, 0.717) is 0 Å². The molecular weight excluding hydrogens is 195 g/mol. The molecule has 0 saturated heterocycles. The van der Waals surface area contributed by atoms with Crippen LogP contribution in [0.5, 0.6) is 0 Å². The Morgan fingerprint density at radius 2 is 2.00 bits per heavy atom. The molecule has 0 unspecified atom stereocenters. The molecule has 66 valence electrons. The fourth-order valence-corrected chi connectivity index (χ4v) is 0.716. The van der Waals surface area contributed by atoms with Gasteiger partial charge in [0.05, 0.1) is 16.9 Å². The molecule has 0 radical (unpaired) electrons. The minimum atomic E-state index is -4.61. The van der Waals surface area contributed by atoms with E-state index in [0.717, 1.165) is 6.20 Å². The molecule has 0 spiro atoms. The summed E-state index contributed by atoms with van der Waals surface area (Å²) in [5, 5.41) is 5.60. The molecule has 1 heterocycles. The zero-order valence-corrected chi connectivity index (χ0v) is 6.32. The normalized spacial score (nSPS) is 11.7. The van der Waals surface area contributed by atoms with Crippen molar-refractivity contribution in [1.29, 1.82) is 0 Å². The summed E-state index contributed by atoms with van der Waals surface area (Å²) in [6, 6.07) is 0.